The largest absolute Gasteiger partial charge is 0.508 e. The molecule has 3 atom stereocenters. The lowest BCUT2D eigenvalue weighted by Crippen LogP contribution is -2.56. The first-order valence-corrected chi connectivity index (χ1v) is 14.5. The van der Waals surface area contributed by atoms with Gasteiger partial charge in [0.1, 0.15) is 5.75 Å². The highest BCUT2D eigenvalue weighted by Crippen LogP contribution is 2.37. The predicted molar refractivity (Wildman–Crippen MR) is 151 cm³/mol. The van der Waals surface area contributed by atoms with E-state index in [9.17, 15) is 23.4 Å². The number of hydrogen-bond acceptors (Lipinski definition) is 6. The van der Waals surface area contributed by atoms with Crippen LogP contribution >= 0.6 is 0 Å². The van der Waals surface area contributed by atoms with Gasteiger partial charge in [-0.1, -0.05) is 30.3 Å². The second-order valence-corrected chi connectivity index (χ2v) is 12.8. The summed E-state index contributed by atoms with van der Waals surface area (Å²) in [6.07, 6.45) is 0. The third-order valence-corrected chi connectivity index (χ3v) is 9.39. The van der Waals surface area contributed by atoms with Gasteiger partial charge in [-0.2, -0.15) is 0 Å². The van der Waals surface area contributed by atoms with Crippen LogP contribution in [0, 0.1) is 6.92 Å². The molecule has 1 fully saturated rings. The molecule has 0 bridgehead atoms. The van der Waals surface area contributed by atoms with Gasteiger partial charge in [-0.15, -0.1) is 0 Å². The van der Waals surface area contributed by atoms with Gasteiger partial charge in [0.25, 0.3) is 0 Å². The molecule has 208 valence electrons. The first kappa shape index (κ1) is 28.8. The minimum atomic E-state index is -3.56. The molecule has 1 aliphatic heterocycles. The summed E-state index contributed by atoms with van der Waals surface area (Å²) in [6, 6.07) is 19.8. The van der Waals surface area contributed by atoms with Crippen molar-refractivity contribution in [2.45, 2.75) is 50.3 Å². The summed E-state index contributed by atoms with van der Waals surface area (Å²) in [4.78, 5) is 16.3. The molecule has 4 rings (SSSR count). The minimum absolute atomic E-state index is 0.149. The van der Waals surface area contributed by atoms with Crippen LogP contribution in [-0.2, 0) is 16.6 Å². The molecule has 3 aromatic carbocycles. The molecule has 1 heterocycles. The Morgan fingerprint density at radius 1 is 1.00 bits per heavy atom. The van der Waals surface area contributed by atoms with E-state index in [-0.39, 0.29) is 34.3 Å². The van der Waals surface area contributed by atoms with Crippen molar-refractivity contribution < 1.29 is 23.4 Å². The van der Waals surface area contributed by atoms with Crippen molar-refractivity contribution in [1.29, 1.82) is 0 Å². The van der Waals surface area contributed by atoms with E-state index in [1.54, 1.807) is 36.4 Å². The molecule has 8 nitrogen and oxygen atoms in total. The Hall–Kier alpha value is -3.24. The summed E-state index contributed by atoms with van der Waals surface area (Å²) in [5.74, 6) is -0.746. The minimum Gasteiger partial charge on any atom is -0.508 e. The number of sulfonamides is 1. The van der Waals surface area contributed by atoms with Gasteiger partial charge in [-0.05, 0) is 79.4 Å². The molecule has 3 aromatic rings. The molecular weight excluding hydrogens is 514 g/mol. The monoisotopic (exact) mass is 551 g/mol. The highest BCUT2D eigenvalue weighted by Gasteiger charge is 2.35. The molecule has 0 aromatic heterocycles. The number of aryl methyl sites for hydroxylation is 1. The highest BCUT2D eigenvalue weighted by molar-refractivity contribution is 7.89. The second-order valence-electron chi connectivity index (χ2n) is 10.6. The number of phenolic OH excluding ortho intramolecular Hbond substituents is 1. The van der Waals surface area contributed by atoms with Crippen LogP contribution < -0.4 is 0 Å². The van der Waals surface area contributed by atoms with E-state index in [0.29, 0.717) is 6.54 Å². The van der Waals surface area contributed by atoms with Gasteiger partial charge in [0, 0.05) is 45.8 Å². The number of benzene rings is 3. The molecular formula is C30H37N3O5S. The molecule has 9 heteroatoms. The van der Waals surface area contributed by atoms with Gasteiger partial charge in [-0.3, -0.25) is 9.80 Å². The number of carboxylic acids is 1. The fourth-order valence-electron chi connectivity index (χ4n) is 5.36. The van der Waals surface area contributed by atoms with E-state index in [0.717, 1.165) is 35.3 Å². The van der Waals surface area contributed by atoms with Crippen molar-refractivity contribution in [3.63, 3.8) is 0 Å². The Morgan fingerprint density at radius 2 is 1.69 bits per heavy atom. The van der Waals surface area contributed by atoms with Crippen LogP contribution in [0.2, 0.25) is 0 Å². The number of carboxylic acid groups (broad SMARTS) is 1. The first-order chi connectivity index (χ1) is 18.4. The summed E-state index contributed by atoms with van der Waals surface area (Å²) in [6.45, 7) is 8.57. The van der Waals surface area contributed by atoms with E-state index in [4.69, 9.17) is 0 Å². The number of rotatable bonds is 8. The van der Waals surface area contributed by atoms with Crippen molar-refractivity contribution in [3.05, 3.63) is 94.5 Å². The fourth-order valence-corrected chi connectivity index (χ4v) is 6.35. The summed E-state index contributed by atoms with van der Waals surface area (Å²) >= 11 is 0. The number of aromatic hydroxyl groups is 1. The molecule has 39 heavy (non-hydrogen) atoms. The number of piperazine rings is 1. The lowest BCUT2D eigenvalue weighted by Gasteiger charge is -2.48. The van der Waals surface area contributed by atoms with Gasteiger partial charge in [-0.25, -0.2) is 17.5 Å². The molecule has 1 saturated heterocycles. The van der Waals surface area contributed by atoms with Crippen molar-refractivity contribution in [2.24, 2.45) is 0 Å². The van der Waals surface area contributed by atoms with Crippen LogP contribution in [0.4, 0.5) is 0 Å². The quantitative estimate of drug-likeness (QED) is 0.430. The zero-order valence-corrected chi connectivity index (χ0v) is 23.9. The van der Waals surface area contributed by atoms with Crippen LogP contribution in [0.5, 0.6) is 5.75 Å². The molecule has 1 aliphatic rings. The third-order valence-electron chi connectivity index (χ3n) is 7.58. The molecule has 0 aliphatic carbocycles. The van der Waals surface area contributed by atoms with Crippen LogP contribution in [-0.4, -0.2) is 78.0 Å². The molecule has 0 spiro atoms. The summed E-state index contributed by atoms with van der Waals surface area (Å²) < 4.78 is 26.7. The van der Waals surface area contributed by atoms with Crippen LogP contribution in [0.1, 0.15) is 52.5 Å². The van der Waals surface area contributed by atoms with Crippen LogP contribution in [0.3, 0.4) is 0 Å². The molecule has 0 saturated carbocycles. The number of phenols is 1. The molecule has 0 unspecified atom stereocenters. The van der Waals surface area contributed by atoms with Crippen molar-refractivity contribution >= 4 is 16.0 Å². The maximum atomic E-state index is 12.8. The van der Waals surface area contributed by atoms with Crippen LogP contribution in [0.25, 0.3) is 0 Å². The first-order valence-electron chi connectivity index (χ1n) is 13.0. The fraction of sp³-hybridized carbons (Fsp3) is 0.367. The predicted octanol–water partition coefficient (Wildman–Crippen LogP) is 4.33. The third kappa shape index (κ3) is 6.17. The lowest BCUT2D eigenvalue weighted by atomic mass is 9.90. The zero-order chi connectivity index (χ0) is 28.5. The standard InChI is InChI=1S/C30H37N3O5S/c1-20-15-27(39(37,38)31(4)5)13-14-28(20)29(25-7-6-8-26(34)16-25)33-18-21(2)32(17-22(33)3)19-23-9-11-24(12-10-23)30(35)36/h6-16,21-22,29,34H,17-19H2,1-5H3,(H,35,36)/t21-,22+,29+/m0/s1. The molecule has 2 N–H and O–H groups in total. The van der Waals surface area contributed by atoms with Gasteiger partial charge in [0.2, 0.25) is 10.0 Å². The normalized spacial score (nSPS) is 19.7. The maximum absolute atomic E-state index is 12.8. The Balaban J connectivity index is 1.65. The highest BCUT2D eigenvalue weighted by atomic mass is 32.2. The van der Waals surface area contributed by atoms with Gasteiger partial charge < -0.3 is 10.2 Å². The number of carbonyl (C=O) groups is 1. The Labute approximate surface area is 231 Å². The SMILES string of the molecule is Cc1cc(S(=O)(=O)N(C)C)ccc1[C@@H](c1cccc(O)c1)N1C[C@H](C)N(Cc2ccc(C(=O)O)cc2)C[C@H]1C. The van der Waals surface area contributed by atoms with Crippen molar-refractivity contribution in [3.8, 4) is 5.75 Å². The van der Waals surface area contributed by atoms with E-state index in [1.165, 1.54) is 18.4 Å². The lowest BCUT2D eigenvalue weighted by molar-refractivity contribution is 0.0193. The molecule has 0 amide bonds. The van der Waals surface area contributed by atoms with E-state index in [2.05, 4.69) is 23.6 Å². The average molecular weight is 552 g/mol. The molecule has 0 radical (unpaired) electrons. The Bertz CT molecular complexity index is 1440. The van der Waals surface area contributed by atoms with Crippen LogP contribution in [0.15, 0.2) is 71.6 Å². The van der Waals surface area contributed by atoms with Gasteiger partial charge >= 0.3 is 5.97 Å². The average Bonchev–Trinajstić information content (AvgIpc) is 2.88. The number of nitrogens with zero attached hydrogens (tertiary/aromatic N) is 3. The van der Waals surface area contributed by atoms with Crippen molar-refractivity contribution in [2.75, 3.05) is 27.2 Å². The van der Waals surface area contributed by atoms with Crippen molar-refractivity contribution in [1.82, 2.24) is 14.1 Å². The maximum Gasteiger partial charge on any atom is 0.335 e. The smallest absolute Gasteiger partial charge is 0.335 e. The van der Waals surface area contributed by atoms with E-state index >= 15 is 0 Å². The number of hydrogen-bond donors (Lipinski definition) is 2. The summed E-state index contributed by atoms with van der Waals surface area (Å²) in [5, 5.41) is 19.5. The van der Waals surface area contributed by atoms with E-state index in [1.807, 2.05) is 37.3 Å². The zero-order valence-electron chi connectivity index (χ0n) is 23.1. The van der Waals surface area contributed by atoms with Gasteiger partial charge in [0.05, 0.1) is 16.5 Å². The summed E-state index contributed by atoms with van der Waals surface area (Å²) in [5.41, 5.74) is 4.14. The Morgan fingerprint density at radius 3 is 2.28 bits per heavy atom. The van der Waals surface area contributed by atoms with E-state index < -0.39 is 16.0 Å². The topological polar surface area (TPSA) is 101 Å². The second kappa shape index (κ2) is 11.5. The Kier molecular flexibility index (Phi) is 8.46. The van der Waals surface area contributed by atoms with Gasteiger partial charge in [0.15, 0.2) is 0 Å². The number of aromatic carboxylic acids is 1. The summed E-state index contributed by atoms with van der Waals surface area (Å²) in [7, 11) is -0.512.